The normalized spacial score (nSPS) is 17.8. The largest absolute Gasteiger partial charge is 0.253 e. The van der Waals surface area contributed by atoms with Crippen molar-refractivity contribution in [2.45, 2.75) is 29.4 Å². The zero-order valence-electron chi connectivity index (χ0n) is 6.29. The lowest BCUT2D eigenvalue weighted by atomic mass is 10.0. The van der Waals surface area contributed by atoms with Crippen molar-refractivity contribution in [3.63, 3.8) is 0 Å². The number of rotatable bonds is 2. The molecule has 1 fully saturated rings. The number of pyridine rings is 1. The fourth-order valence-corrected chi connectivity index (χ4v) is 2.24. The van der Waals surface area contributed by atoms with Crippen molar-refractivity contribution in [3.05, 3.63) is 24.5 Å². The van der Waals surface area contributed by atoms with Crippen molar-refractivity contribution in [2.24, 2.45) is 0 Å². The smallest absolute Gasteiger partial charge is 0.103 e. The van der Waals surface area contributed by atoms with Gasteiger partial charge in [-0.2, -0.15) is 0 Å². The highest BCUT2D eigenvalue weighted by molar-refractivity contribution is 8.00. The summed E-state index contributed by atoms with van der Waals surface area (Å²) in [7, 11) is 0. The van der Waals surface area contributed by atoms with Crippen molar-refractivity contribution < 1.29 is 0 Å². The zero-order chi connectivity index (χ0) is 7.52. The van der Waals surface area contributed by atoms with E-state index in [0.717, 1.165) is 5.25 Å². The summed E-state index contributed by atoms with van der Waals surface area (Å²) in [6, 6.07) is 4.05. The van der Waals surface area contributed by atoms with Crippen molar-refractivity contribution in [1.82, 2.24) is 4.98 Å². The Bertz CT molecular complexity index is 218. The van der Waals surface area contributed by atoms with Gasteiger partial charge in [0.15, 0.2) is 0 Å². The lowest BCUT2D eigenvalue weighted by molar-refractivity contribution is 0.522. The van der Waals surface area contributed by atoms with Gasteiger partial charge in [0.1, 0.15) is 6.20 Å². The van der Waals surface area contributed by atoms with Crippen LogP contribution in [0, 0.1) is 6.20 Å². The van der Waals surface area contributed by atoms with Gasteiger partial charge in [0.05, 0.1) is 0 Å². The van der Waals surface area contributed by atoms with E-state index in [9.17, 15) is 0 Å². The molecule has 0 saturated heterocycles. The highest BCUT2D eigenvalue weighted by Gasteiger charge is 2.18. The lowest BCUT2D eigenvalue weighted by Crippen LogP contribution is -2.12. The molecule has 0 amide bonds. The first-order valence-corrected chi connectivity index (χ1v) is 4.82. The van der Waals surface area contributed by atoms with Gasteiger partial charge in [0.25, 0.3) is 0 Å². The van der Waals surface area contributed by atoms with E-state index >= 15 is 0 Å². The second-order valence-electron chi connectivity index (χ2n) is 2.78. The van der Waals surface area contributed by atoms with Gasteiger partial charge in [-0.15, -0.1) is 11.8 Å². The van der Waals surface area contributed by atoms with E-state index < -0.39 is 0 Å². The average molecular weight is 164 g/mol. The molecule has 1 aliphatic rings. The van der Waals surface area contributed by atoms with Crippen LogP contribution in [0.5, 0.6) is 0 Å². The second kappa shape index (κ2) is 3.26. The van der Waals surface area contributed by atoms with E-state index in [0.29, 0.717) is 0 Å². The Hall–Kier alpha value is -0.500. The molecule has 1 aromatic heterocycles. The zero-order valence-corrected chi connectivity index (χ0v) is 7.10. The van der Waals surface area contributed by atoms with Gasteiger partial charge in [0, 0.05) is 16.3 Å². The molecular weight excluding hydrogens is 154 g/mol. The van der Waals surface area contributed by atoms with E-state index in [2.05, 4.69) is 17.2 Å². The molecule has 1 saturated carbocycles. The van der Waals surface area contributed by atoms with Gasteiger partial charge in [0.2, 0.25) is 0 Å². The Kier molecular flexibility index (Phi) is 2.13. The predicted molar refractivity (Wildman–Crippen MR) is 46.6 cm³/mol. The number of aromatic nitrogens is 1. The van der Waals surface area contributed by atoms with Crippen LogP contribution in [-0.2, 0) is 0 Å². The van der Waals surface area contributed by atoms with Crippen molar-refractivity contribution >= 4 is 11.8 Å². The van der Waals surface area contributed by atoms with Gasteiger partial charge in [-0.05, 0) is 25.0 Å². The fourth-order valence-electron chi connectivity index (χ4n) is 1.05. The number of hydrogen-bond acceptors (Lipinski definition) is 2. The summed E-state index contributed by atoms with van der Waals surface area (Å²) in [4.78, 5) is 5.14. The third-order valence-corrected chi connectivity index (χ3v) is 3.21. The monoisotopic (exact) mass is 164 g/mol. The Morgan fingerprint density at radius 2 is 2.45 bits per heavy atom. The Balaban J connectivity index is 1.95. The van der Waals surface area contributed by atoms with Crippen molar-refractivity contribution in [3.8, 4) is 0 Å². The molecule has 0 N–H and O–H groups in total. The molecule has 11 heavy (non-hydrogen) atoms. The van der Waals surface area contributed by atoms with Gasteiger partial charge < -0.3 is 0 Å². The average Bonchev–Trinajstić information content (AvgIpc) is 1.99. The first-order chi connectivity index (χ1) is 5.45. The van der Waals surface area contributed by atoms with Crippen LogP contribution in [0.4, 0.5) is 0 Å². The van der Waals surface area contributed by atoms with Crippen molar-refractivity contribution in [2.75, 3.05) is 0 Å². The minimum atomic E-state index is 0.843. The summed E-state index contributed by atoms with van der Waals surface area (Å²) in [6.45, 7) is 0. The molecular formula is C9H10NS. The Labute approximate surface area is 71.2 Å². The van der Waals surface area contributed by atoms with E-state index in [1.807, 2.05) is 17.8 Å². The molecule has 0 spiro atoms. The molecule has 0 bridgehead atoms. The maximum atomic E-state index is 3.95. The van der Waals surface area contributed by atoms with Gasteiger partial charge in [-0.1, -0.05) is 6.42 Å². The molecule has 0 aromatic carbocycles. The van der Waals surface area contributed by atoms with Gasteiger partial charge >= 0.3 is 0 Å². The second-order valence-corrected chi connectivity index (χ2v) is 4.13. The van der Waals surface area contributed by atoms with Gasteiger partial charge in [-0.3, -0.25) is 4.98 Å². The first-order valence-electron chi connectivity index (χ1n) is 3.94. The SMILES string of the molecule is [c]1ncccc1SC1CCC1. The van der Waals surface area contributed by atoms with E-state index in [1.165, 1.54) is 24.2 Å². The third kappa shape index (κ3) is 1.74. The first kappa shape index (κ1) is 7.17. The van der Waals surface area contributed by atoms with Crippen LogP contribution in [-0.4, -0.2) is 10.2 Å². The topological polar surface area (TPSA) is 12.9 Å². The molecule has 57 valence electrons. The van der Waals surface area contributed by atoms with Crippen LogP contribution in [0.2, 0.25) is 0 Å². The third-order valence-electron chi connectivity index (χ3n) is 1.93. The summed E-state index contributed by atoms with van der Waals surface area (Å²) >= 11 is 1.91. The number of nitrogens with zero attached hydrogens (tertiary/aromatic N) is 1. The van der Waals surface area contributed by atoms with Crippen LogP contribution in [0.3, 0.4) is 0 Å². The molecule has 1 aliphatic carbocycles. The van der Waals surface area contributed by atoms with Crippen LogP contribution in [0.25, 0.3) is 0 Å². The molecule has 0 unspecified atom stereocenters. The van der Waals surface area contributed by atoms with Crippen LogP contribution in [0.15, 0.2) is 23.2 Å². The quantitative estimate of drug-likeness (QED) is 0.666. The molecule has 0 atom stereocenters. The van der Waals surface area contributed by atoms with E-state index in [-0.39, 0.29) is 0 Å². The maximum absolute atomic E-state index is 3.95. The van der Waals surface area contributed by atoms with Crippen molar-refractivity contribution in [1.29, 1.82) is 0 Å². The fraction of sp³-hybridized carbons (Fsp3) is 0.444. The highest BCUT2D eigenvalue weighted by atomic mass is 32.2. The molecule has 1 nitrogen and oxygen atoms in total. The molecule has 2 rings (SSSR count). The van der Waals surface area contributed by atoms with Crippen LogP contribution < -0.4 is 0 Å². The molecule has 1 aromatic rings. The summed E-state index contributed by atoms with van der Waals surface area (Å²) in [5.74, 6) is 0. The van der Waals surface area contributed by atoms with Gasteiger partial charge in [-0.25, -0.2) is 0 Å². The van der Waals surface area contributed by atoms with E-state index in [4.69, 9.17) is 0 Å². The number of hydrogen-bond donors (Lipinski definition) is 0. The van der Waals surface area contributed by atoms with E-state index in [1.54, 1.807) is 6.20 Å². The summed E-state index contributed by atoms with van der Waals surface area (Å²) < 4.78 is 0. The Morgan fingerprint density at radius 3 is 3.00 bits per heavy atom. The predicted octanol–water partition coefficient (Wildman–Crippen LogP) is 2.53. The lowest BCUT2D eigenvalue weighted by Gasteiger charge is -2.23. The van der Waals surface area contributed by atoms with Crippen LogP contribution in [0.1, 0.15) is 19.3 Å². The minimum Gasteiger partial charge on any atom is -0.253 e. The molecule has 2 heteroatoms. The number of thioether (sulfide) groups is 1. The Morgan fingerprint density at radius 1 is 1.55 bits per heavy atom. The minimum absolute atomic E-state index is 0.843. The summed E-state index contributed by atoms with van der Waals surface area (Å²) in [5, 5.41) is 0.843. The molecule has 0 aliphatic heterocycles. The summed E-state index contributed by atoms with van der Waals surface area (Å²) in [5.41, 5.74) is 0. The highest BCUT2D eigenvalue weighted by Crippen LogP contribution is 2.35. The van der Waals surface area contributed by atoms with Crippen LogP contribution >= 0.6 is 11.8 Å². The maximum Gasteiger partial charge on any atom is 0.103 e. The molecule has 1 heterocycles. The standard InChI is InChI=1S/C9H10NS/c1-3-8(4-1)11-9-5-2-6-10-7-9/h2,5-6,8H,1,3-4H2. The summed E-state index contributed by atoms with van der Waals surface area (Å²) in [6.07, 6.45) is 8.89. The molecule has 1 radical (unpaired) electrons.